The molecule has 0 saturated carbocycles. The lowest BCUT2D eigenvalue weighted by atomic mass is 10.3. The summed E-state index contributed by atoms with van der Waals surface area (Å²) in [5.74, 6) is -0.327. The molecule has 1 aromatic rings. The zero-order valence-electron chi connectivity index (χ0n) is 12.3. The number of fused-ring (bicyclic) bond motifs is 1. The van der Waals surface area contributed by atoms with Crippen LogP contribution in [0.25, 0.3) is 0 Å². The van der Waals surface area contributed by atoms with Crippen LogP contribution in [0.1, 0.15) is 6.42 Å². The fraction of sp³-hybridized carbons (Fsp3) is 0.462. The summed E-state index contributed by atoms with van der Waals surface area (Å²) in [6.07, 6.45) is 0.822. The van der Waals surface area contributed by atoms with Crippen molar-refractivity contribution in [2.75, 3.05) is 39.1 Å². The van der Waals surface area contributed by atoms with Crippen molar-refractivity contribution in [1.82, 2.24) is 9.62 Å². The second-order valence-electron chi connectivity index (χ2n) is 5.14. The Labute approximate surface area is 124 Å². The molecular weight excluding hydrogens is 295 g/mol. The minimum atomic E-state index is -3.77. The van der Waals surface area contributed by atoms with E-state index in [0.717, 1.165) is 19.0 Å². The highest BCUT2D eigenvalue weighted by Gasteiger charge is 2.30. The van der Waals surface area contributed by atoms with E-state index >= 15 is 0 Å². The van der Waals surface area contributed by atoms with Gasteiger partial charge in [0.1, 0.15) is 10.7 Å². The molecule has 0 aromatic heterocycles. The molecule has 2 rings (SSSR count). The van der Waals surface area contributed by atoms with Crippen molar-refractivity contribution < 1.29 is 12.8 Å². The Bertz CT molecular complexity index is 658. The van der Waals surface area contributed by atoms with Gasteiger partial charge in [-0.25, -0.2) is 17.5 Å². The lowest BCUT2D eigenvalue weighted by Gasteiger charge is -2.29. The number of hydrogen-bond acceptors (Lipinski definition) is 4. The van der Waals surface area contributed by atoms with Crippen molar-refractivity contribution in [2.45, 2.75) is 11.3 Å². The molecule has 1 N–H and O–H groups in total. The van der Waals surface area contributed by atoms with E-state index in [1.165, 1.54) is 12.1 Å². The number of aliphatic imine (C=N–C) groups is 1. The lowest BCUT2D eigenvalue weighted by Crippen LogP contribution is -2.47. The average molecular weight is 314 g/mol. The van der Waals surface area contributed by atoms with Crippen molar-refractivity contribution in [3.05, 3.63) is 24.0 Å². The largest absolute Gasteiger partial charge is 0.314 e. The predicted octanol–water partition coefficient (Wildman–Crippen LogP) is 0.861. The molecular formula is C13H19FN4O2S. The first-order valence-corrected chi connectivity index (χ1v) is 8.05. The van der Waals surface area contributed by atoms with Crippen LogP contribution in [-0.4, -0.2) is 53.5 Å². The highest BCUT2D eigenvalue weighted by atomic mass is 32.2. The zero-order valence-corrected chi connectivity index (χ0v) is 13.1. The van der Waals surface area contributed by atoms with Crippen LogP contribution in [0.5, 0.6) is 0 Å². The number of guanidine groups is 1. The summed E-state index contributed by atoms with van der Waals surface area (Å²) < 4.78 is 39.9. The monoisotopic (exact) mass is 314 g/mol. The molecule has 0 bridgehead atoms. The van der Waals surface area contributed by atoms with Crippen LogP contribution in [0, 0.1) is 5.82 Å². The second-order valence-corrected chi connectivity index (χ2v) is 6.79. The number of benzene rings is 1. The third-order valence-electron chi connectivity index (χ3n) is 3.14. The topological polar surface area (TPSA) is 65.0 Å². The number of halogens is 1. The van der Waals surface area contributed by atoms with Crippen molar-refractivity contribution in [2.24, 2.45) is 4.99 Å². The first kappa shape index (κ1) is 15.7. The number of sulfonamides is 1. The normalized spacial score (nSPS) is 18.7. The van der Waals surface area contributed by atoms with E-state index < -0.39 is 15.8 Å². The van der Waals surface area contributed by atoms with Gasteiger partial charge in [0.25, 0.3) is 10.0 Å². The van der Waals surface area contributed by atoms with Crippen LogP contribution in [0.4, 0.5) is 10.1 Å². The number of anilines is 1. The van der Waals surface area contributed by atoms with Gasteiger partial charge in [0.2, 0.25) is 5.96 Å². The summed E-state index contributed by atoms with van der Waals surface area (Å²) in [5, 5.41) is 0. The molecule has 1 heterocycles. The van der Waals surface area contributed by atoms with Gasteiger partial charge in [-0.1, -0.05) is 0 Å². The summed E-state index contributed by atoms with van der Waals surface area (Å²) in [5.41, 5.74) is 0.418. The third-order valence-corrected chi connectivity index (χ3v) is 4.50. The van der Waals surface area contributed by atoms with Crippen molar-refractivity contribution >= 4 is 21.7 Å². The van der Waals surface area contributed by atoms with Gasteiger partial charge in [-0.2, -0.15) is 0 Å². The van der Waals surface area contributed by atoms with Crippen LogP contribution in [-0.2, 0) is 10.0 Å². The van der Waals surface area contributed by atoms with E-state index in [2.05, 4.69) is 9.71 Å². The van der Waals surface area contributed by atoms with E-state index in [0.29, 0.717) is 12.2 Å². The van der Waals surface area contributed by atoms with Gasteiger partial charge in [0, 0.05) is 13.6 Å². The van der Waals surface area contributed by atoms with Crippen LogP contribution in [0.3, 0.4) is 0 Å². The first-order chi connectivity index (χ1) is 9.81. The maximum absolute atomic E-state index is 13.2. The fourth-order valence-electron chi connectivity index (χ4n) is 2.05. The van der Waals surface area contributed by atoms with E-state index in [9.17, 15) is 12.8 Å². The Morgan fingerprint density at radius 2 is 2.10 bits per heavy atom. The minimum absolute atomic E-state index is 0.0720. The minimum Gasteiger partial charge on any atom is -0.314 e. The Morgan fingerprint density at radius 3 is 2.76 bits per heavy atom. The zero-order chi connectivity index (χ0) is 15.6. The smallest absolute Gasteiger partial charge is 0.266 e. The van der Waals surface area contributed by atoms with Gasteiger partial charge in [-0.3, -0.25) is 4.99 Å². The van der Waals surface area contributed by atoms with Crippen molar-refractivity contribution in [3.8, 4) is 0 Å². The molecule has 1 aromatic carbocycles. The number of hydrogen-bond donors (Lipinski definition) is 1. The Kier molecular flexibility index (Phi) is 4.48. The maximum atomic E-state index is 13.2. The molecule has 0 amide bonds. The van der Waals surface area contributed by atoms with Gasteiger partial charge >= 0.3 is 0 Å². The van der Waals surface area contributed by atoms with Crippen LogP contribution >= 0.6 is 0 Å². The molecule has 0 radical (unpaired) electrons. The quantitative estimate of drug-likeness (QED) is 0.837. The molecule has 0 aliphatic carbocycles. The lowest BCUT2D eigenvalue weighted by molar-refractivity contribution is 0.403. The van der Waals surface area contributed by atoms with Crippen LogP contribution in [0.2, 0.25) is 0 Å². The molecule has 0 spiro atoms. The highest BCUT2D eigenvalue weighted by molar-refractivity contribution is 7.90. The molecule has 0 atom stereocenters. The summed E-state index contributed by atoms with van der Waals surface area (Å²) in [6, 6.07) is 3.69. The maximum Gasteiger partial charge on any atom is 0.266 e. The molecule has 21 heavy (non-hydrogen) atoms. The predicted molar refractivity (Wildman–Crippen MR) is 80.6 cm³/mol. The van der Waals surface area contributed by atoms with Gasteiger partial charge in [-0.15, -0.1) is 0 Å². The molecule has 1 aliphatic heterocycles. The second kappa shape index (κ2) is 5.98. The van der Waals surface area contributed by atoms with Crippen molar-refractivity contribution in [1.29, 1.82) is 0 Å². The van der Waals surface area contributed by atoms with Gasteiger partial charge in [-0.05, 0) is 45.3 Å². The van der Waals surface area contributed by atoms with E-state index in [1.807, 2.05) is 19.0 Å². The SMILES string of the molecule is CN(C)CCCN=C1NS(=O)(=O)c2cc(F)ccc2N1C. The summed E-state index contributed by atoms with van der Waals surface area (Å²) in [6.45, 7) is 1.38. The molecule has 0 saturated heterocycles. The molecule has 8 heteroatoms. The molecule has 116 valence electrons. The first-order valence-electron chi connectivity index (χ1n) is 6.56. The highest BCUT2D eigenvalue weighted by Crippen LogP contribution is 2.28. The number of nitrogens with zero attached hydrogens (tertiary/aromatic N) is 3. The molecule has 0 fully saturated rings. The van der Waals surface area contributed by atoms with Gasteiger partial charge < -0.3 is 9.80 Å². The Balaban J connectivity index is 2.25. The van der Waals surface area contributed by atoms with Crippen molar-refractivity contribution in [3.63, 3.8) is 0 Å². The average Bonchev–Trinajstić information content (AvgIpc) is 2.40. The van der Waals surface area contributed by atoms with Crippen LogP contribution < -0.4 is 9.62 Å². The summed E-state index contributed by atoms with van der Waals surface area (Å²) in [4.78, 5) is 7.86. The number of rotatable bonds is 4. The van der Waals surface area contributed by atoms with E-state index in [-0.39, 0.29) is 10.9 Å². The summed E-state index contributed by atoms with van der Waals surface area (Å²) >= 11 is 0. The van der Waals surface area contributed by atoms with Gasteiger partial charge in [0.05, 0.1) is 5.69 Å². The Morgan fingerprint density at radius 1 is 1.38 bits per heavy atom. The summed E-state index contributed by atoms with van der Waals surface area (Å²) in [7, 11) is 1.86. The van der Waals surface area contributed by atoms with Crippen LogP contribution in [0.15, 0.2) is 28.1 Å². The molecule has 6 nitrogen and oxygen atoms in total. The molecule has 1 aliphatic rings. The van der Waals surface area contributed by atoms with E-state index in [4.69, 9.17) is 0 Å². The molecule has 0 unspecified atom stereocenters. The third kappa shape index (κ3) is 3.51. The fourth-order valence-corrected chi connectivity index (χ4v) is 3.35. The standard InChI is InChI=1S/C13H19FN4O2S/c1-17(2)8-4-7-15-13-16-21(19,20)12-9-10(14)5-6-11(12)18(13)3/h5-6,9H,4,7-8H2,1-3H3,(H,15,16). The Hall–Kier alpha value is -1.67. The number of nitrogens with one attached hydrogen (secondary N) is 1. The van der Waals surface area contributed by atoms with Gasteiger partial charge in [0.15, 0.2) is 0 Å². The van der Waals surface area contributed by atoms with E-state index in [1.54, 1.807) is 11.9 Å².